The lowest BCUT2D eigenvalue weighted by Gasteiger charge is -2.27. The molecule has 0 aromatic heterocycles. The van der Waals surface area contributed by atoms with E-state index in [4.69, 9.17) is 23.2 Å². The van der Waals surface area contributed by atoms with Crippen LogP contribution in [-0.4, -0.2) is 54.7 Å². The van der Waals surface area contributed by atoms with Gasteiger partial charge in [0.15, 0.2) is 0 Å². The number of nitrogens with one attached hydrogen (secondary N) is 1. The van der Waals surface area contributed by atoms with Crippen molar-refractivity contribution in [2.75, 3.05) is 13.1 Å². The van der Waals surface area contributed by atoms with Crippen LogP contribution in [0.25, 0.3) is 11.1 Å². The van der Waals surface area contributed by atoms with E-state index < -0.39 is 28.1 Å². The highest BCUT2D eigenvalue weighted by Gasteiger charge is 2.30. The zero-order chi connectivity index (χ0) is 24.1. The summed E-state index contributed by atoms with van der Waals surface area (Å²) in [7, 11) is -3.94. The summed E-state index contributed by atoms with van der Waals surface area (Å²) in [6.45, 7) is 2.97. The summed E-state index contributed by atoms with van der Waals surface area (Å²) in [6, 6.07) is 9.73. The molecule has 174 valence electrons. The van der Waals surface area contributed by atoms with Crippen LogP contribution in [0.2, 0.25) is 10.0 Å². The summed E-state index contributed by atoms with van der Waals surface area (Å²) < 4.78 is 27.5. The molecular weight excluding hydrogens is 479 g/mol. The minimum Gasteiger partial charge on any atom is -0.480 e. The van der Waals surface area contributed by atoms with E-state index in [1.54, 1.807) is 44.2 Å². The molecule has 1 atom stereocenters. The number of hydrogen-bond donors (Lipinski definition) is 3. The number of rotatable bonds is 10. The van der Waals surface area contributed by atoms with E-state index in [9.17, 15) is 28.2 Å². The molecule has 0 radical (unpaired) electrons. The smallest absolute Gasteiger partial charge is 0.408 e. The molecule has 11 heteroatoms. The van der Waals surface area contributed by atoms with E-state index in [0.29, 0.717) is 15.6 Å². The van der Waals surface area contributed by atoms with Crippen molar-refractivity contribution in [2.24, 2.45) is 5.92 Å². The van der Waals surface area contributed by atoms with Crippen LogP contribution < -0.4 is 4.72 Å². The van der Waals surface area contributed by atoms with Gasteiger partial charge in [-0.3, -0.25) is 4.90 Å². The predicted molar refractivity (Wildman–Crippen MR) is 123 cm³/mol. The van der Waals surface area contributed by atoms with Gasteiger partial charge in [-0.1, -0.05) is 49.2 Å². The second kappa shape index (κ2) is 11.0. The van der Waals surface area contributed by atoms with Crippen molar-refractivity contribution in [3.63, 3.8) is 0 Å². The van der Waals surface area contributed by atoms with Crippen molar-refractivity contribution in [1.29, 1.82) is 0 Å². The lowest BCUT2D eigenvalue weighted by molar-refractivity contribution is -0.143. The fraction of sp³-hybridized carbons (Fsp3) is 0.333. The summed E-state index contributed by atoms with van der Waals surface area (Å²) in [5, 5.41) is 19.7. The number of carboxylic acid groups (broad SMARTS) is 2. The number of amides is 1. The van der Waals surface area contributed by atoms with Gasteiger partial charge in [-0.25, -0.2) is 22.7 Å². The molecule has 0 heterocycles. The zero-order valence-electron chi connectivity index (χ0n) is 17.5. The molecular formula is C21H24Cl2N2O6S. The Labute approximate surface area is 196 Å². The largest absolute Gasteiger partial charge is 0.480 e. The fourth-order valence-corrected chi connectivity index (χ4v) is 4.67. The van der Waals surface area contributed by atoms with Crippen molar-refractivity contribution in [2.45, 2.75) is 31.2 Å². The number of aliphatic carboxylic acids is 1. The van der Waals surface area contributed by atoms with Gasteiger partial charge < -0.3 is 10.2 Å². The summed E-state index contributed by atoms with van der Waals surface area (Å²) in [5.41, 5.74) is 1.43. The SMILES string of the molecule is CC(C)C[C@@H](C(=O)O)N(CCNS(=O)(=O)c1ccc(-c2cc(Cl)cc(Cl)c2)cc1)C(=O)O. The van der Waals surface area contributed by atoms with Gasteiger partial charge >= 0.3 is 12.1 Å². The number of carbonyl (C=O) groups is 2. The zero-order valence-corrected chi connectivity index (χ0v) is 19.8. The van der Waals surface area contributed by atoms with E-state index in [2.05, 4.69) is 4.72 Å². The fourth-order valence-electron chi connectivity index (χ4n) is 3.12. The van der Waals surface area contributed by atoms with E-state index in [1.807, 2.05) is 0 Å². The topological polar surface area (TPSA) is 124 Å². The molecule has 2 aromatic rings. The standard InChI is InChI=1S/C21H24Cl2N2O6S/c1-13(2)9-19(20(26)27)25(21(28)29)8-7-24-32(30,31)18-5-3-14(4-6-18)15-10-16(22)12-17(23)11-15/h3-6,10-13,19,24H,7-9H2,1-2H3,(H,26,27)(H,28,29)/t19-/m0/s1. The maximum absolute atomic E-state index is 12.6. The van der Waals surface area contributed by atoms with Gasteiger partial charge in [0.2, 0.25) is 10.0 Å². The first-order valence-corrected chi connectivity index (χ1v) is 11.9. The van der Waals surface area contributed by atoms with Crippen LogP contribution in [0.15, 0.2) is 47.4 Å². The number of nitrogens with zero attached hydrogens (tertiary/aromatic N) is 1. The second-order valence-electron chi connectivity index (χ2n) is 7.54. The third-order valence-electron chi connectivity index (χ3n) is 4.61. The van der Waals surface area contributed by atoms with E-state index in [0.717, 1.165) is 10.5 Å². The van der Waals surface area contributed by atoms with E-state index in [1.165, 1.54) is 12.1 Å². The molecule has 0 aliphatic rings. The Morgan fingerprint density at radius 1 is 1.00 bits per heavy atom. The third kappa shape index (κ3) is 7.09. The van der Waals surface area contributed by atoms with Crippen molar-refractivity contribution in [1.82, 2.24) is 9.62 Å². The van der Waals surface area contributed by atoms with Crippen molar-refractivity contribution < 1.29 is 28.2 Å². The highest BCUT2D eigenvalue weighted by Crippen LogP contribution is 2.28. The number of sulfonamides is 1. The first-order valence-electron chi connectivity index (χ1n) is 9.69. The average Bonchev–Trinajstić information content (AvgIpc) is 2.68. The minimum absolute atomic E-state index is 0.0202. The number of halogens is 2. The van der Waals surface area contributed by atoms with Crippen LogP contribution in [-0.2, 0) is 14.8 Å². The van der Waals surface area contributed by atoms with Crippen LogP contribution in [0.3, 0.4) is 0 Å². The van der Waals surface area contributed by atoms with Gasteiger partial charge in [0.1, 0.15) is 6.04 Å². The van der Waals surface area contributed by atoms with Crippen LogP contribution >= 0.6 is 23.2 Å². The molecule has 8 nitrogen and oxygen atoms in total. The maximum atomic E-state index is 12.6. The van der Waals surface area contributed by atoms with Crippen molar-refractivity contribution in [3.8, 4) is 11.1 Å². The lowest BCUT2D eigenvalue weighted by atomic mass is 10.0. The highest BCUT2D eigenvalue weighted by molar-refractivity contribution is 7.89. The molecule has 0 spiro atoms. The summed E-state index contributed by atoms with van der Waals surface area (Å²) in [4.78, 5) is 23.7. The highest BCUT2D eigenvalue weighted by atomic mass is 35.5. The number of hydrogen-bond acceptors (Lipinski definition) is 4. The van der Waals surface area contributed by atoms with Gasteiger partial charge in [0.25, 0.3) is 0 Å². The van der Waals surface area contributed by atoms with Gasteiger partial charge in [0, 0.05) is 23.1 Å². The van der Waals surface area contributed by atoms with Crippen LogP contribution in [0.1, 0.15) is 20.3 Å². The molecule has 0 unspecified atom stereocenters. The third-order valence-corrected chi connectivity index (χ3v) is 6.52. The number of carboxylic acids is 1. The van der Waals surface area contributed by atoms with Crippen molar-refractivity contribution >= 4 is 45.3 Å². The number of benzene rings is 2. The molecule has 2 aromatic carbocycles. The first-order chi connectivity index (χ1) is 14.9. The summed E-state index contributed by atoms with van der Waals surface area (Å²) in [6.07, 6.45) is -1.31. The first kappa shape index (κ1) is 25.9. The Kier molecular flexibility index (Phi) is 8.91. The molecule has 1 amide bonds. The monoisotopic (exact) mass is 502 g/mol. The second-order valence-corrected chi connectivity index (χ2v) is 10.2. The molecule has 2 rings (SSSR count). The van der Waals surface area contributed by atoms with Crippen LogP contribution in [0, 0.1) is 5.92 Å². The molecule has 0 saturated carbocycles. The van der Waals surface area contributed by atoms with Gasteiger partial charge in [-0.2, -0.15) is 0 Å². The molecule has 0 bridgehead atoms. The molecule has 0 aliphatic heterocycles. The maximum Gasteiger partial charge on any atom is 0.408 e. The molecule has 0 fully saturated rings. The van der Waals surface area contributed by atoms with Gasteiger partial charge in [0.05, 0.1) is 4.90 Å². The average molecular weight is 503 g/mol. The van der Waals surface area contributed by atoms with E-state index in [-0.39, 0.29) is 30.3 Å². The normalized spacial score (nSPS) is 12.5. The minimum atomic E-state index is -3.94. The van der Waals surface area contributed by atoms with Gasteiger partial charge in [-0.05, 0) is 53.8 Å². The van der Waals surface area contributed by atoms with Crippen molar-refractivity contribution in [3.05, 3.63) is 52.5 Å². The Morgan fingerprint density at radius 2 is 1.56 bits per heavy atom. The predicted octanol–water partition coefficient (Wildman–Crippen LogP) is 4.42. The Bertz CT molecular complexity index is 1050. The van der Waals surface area contributed by atoms with Crippen LogP contribution in [0.4, 0.5) is 4.79 Å². The van der Waals surface area contributed by atoms with E-state index >= 15 is 0 Å². The Morgan fingerprint density at radius 3 is 2.03 bits per heavy atom. The Hall–Kier alpha value is -2.33. The van der Waals surface area contributed by atoms with Gasteiger partial charge in [-0.15, -0.1) is 0 Å². The lowest BCUT2D eigenvalue weighted by Crippen LogP contribution is -2.48. The summed E-state index contributed by atoms with van der Waals surface area (Å²) in [5.74, 6) is -1.33. The summed E-state index contributed by atoms with van der Waals surface area (Å²) >= 11 is 12.0. The Balaban J connectivity index is 2.10. The van der Waals surface area contributed by atoms with Crippen LogP contribution in [0.5, 0.6) is 0 Å². The molecule has 32 heavy (non-hydrogen) atoms. The quantitative estimate of drug-likeness (QED) is 0.441. The molecule has 3 N–H and O–H groups in total. The molecule has 0 aliphatic carbocycles. The molecule has 0 saturated heterocycles.